The summed E-state index contributed by atoms with van der Waals surface area (Å²) in [7, 11) is 3.09. The molecule has 0 unspecified atom stereocenters. The van der Waals surface area contributed by atoms with Gasteiger partial charge in [0.05, 0.1) is 19.7 Å². The van der Waals surface area contributed by atoms with Crippen LogP contribution in [0.3, 0.4) is 0 Å². The average molecular weight is 339 g/mol. The molecule has 1 aromatic carbocycles. The van der Waals surface area contributed by atoms with Crippen molar-refractivity contribution in [3.8, 4) is 5.75 Å². The number of halogens is 2. The van der Waals surface area contributed by atoms with Crippen LogP contribution in [-0.4, -0.2) is 41.8 Å². The van der Waals surface area contributed by atoms with Crippen molar-refractivity contribution >= 4 is 0 Å². The molecule has 24 heavy (non-hydrogen) atoms. The molecule has 0 spiro atoms. The summed E-state index contributed by atoms with van der Waals surface area (Å²) in [4.78, 5) is 1.66. The van der Waals surface area contributed by atoms with E-state index in [9.17, 15) is 8.78 Å². The van der Waals surface area contributed by atoms with E-state index in [4.69, 9.17) is 13.9 Å². The van der Waals surface area contributed by atoms with Gasteiger partial charge in [0.2, 0.25) is 11.8 Å². The summed E-state index contributed by atoms with van der Waals surface area (Å²) >= 11 is 0. The molecule has 1 aliphatic rings. The molecule has 3 rings (SSSR count). The topological polar surface area (TPSA) is 60.6 Å². The Balaban J connectivity index is 1.77. The Bertz CT molecular complexity index is 675. The Morgan fingerprint density at radius 3 is 2.67 bits per heavy atom. The lowest BCUT2D eigenvalue weighted by Crippen LogP contribution is -2.26. The zero-order valence-corrected chi connectivity index (χ0v) is 13.5. The quantitative estimate of drug-likeness (QED) is 0.806. The van der Waals surface area contributed by atoms with E-state index in [1.807, 2.05) is 24.3 Å². The summed E-state index contributed by atoms with van der Waals surface area (Å²) in [5, 5.41) is 7.74. The molecule has 6 nitrogen and oxygen atoms in total. The lowest BCUT2D eigenvalue weighted by Gasteiger charge is -2.21. The number of benzene rings is 1. The second-order valence-corrected chi connectivity index (χ2v) is 5.80. The first-order valence-corrected chi connectivity index (χ1v) is 7.57. The highest BCUT2D eigenvalue weighted by Gasteiger charge is 2.47. The predicted molar refractivity (Wildman–Crippen MR) is 80.7 cm³/mol. The zero-order chi connectivity index (χ0) is 17.2. The Morgan fingerprint density at radius 1 is 1.25 bits per heavy atom. The minimum Gasteiger partial charge on any atom is -0.497 e. The molecule has 1 aliphatic heterocycles. The van der Waals surface area contributed by atoms with Crippen LogP contribution in [0, 0.1) is 0 Å². The number of hydrogen-bond acceptors (Lipinski definition) is 6. The largest absolute Gasteiger partial charge is 0.497 e. The van der Waals surface area contributed by atoms with Crippen LogP contribution in [0.1, 0.15) is 29.8 Å². The molecule has 0 bridgehead atoms. The first kappa shape index (κ1) is 16.8. The molecule has 0 saturated carbocycles. The molecule has 0 N–H and O–H groups in total. The Kier molecular flexibility index (Phi) is 4.77. The van der Waals surface area contributed by atoms with Gasteiger partial charge in [-0.3, -0.25) is 4.90 Å². The van der Waals surface area contributed by atoms with Gasteiger partial charge in [0.15, 0.2) is 0 Å². The van der Waals surface area contributed by atoms with E-state index in [-0.39, 0.29) is 31.4 Å². The van der Waals surface area contributed by atoms with Crippen LogP contribution in [0.4, 0.5) is 8.78 Å². The third-order valence-electron chi connectivity index (χ3n) is 3.95. The Labute approximate surface area is 138 Å². The molecule has 0 amide bonds. The third-order valence-corrected chi connectivity index (χ3v) is 3.95. The number of nitrogens with zero attached hydrogens (tertiary/aromatic N) is 3. The summed E-state index contributed by atoms with van der Waals surface area (Å²) in [6.07, 6.45) is -0.336. The van der Waals surface area contributed by atoms with E-state index in [0.717, 1.165) is 11.3 Å². The summed E-state index contributed by atoms with van der Waals surface area (Å²) in [6, 6.07) is 6.72. The fourth-order valence-corrected chi connectivity index (χ4v) is 2.84. The molecule has 1 saturated heterocycles. The minimum atomic E-state index is -2.78. The van der Waals surface area contributed by atoms with Crippen molar-refractivity contribution in [1.29, 1.82) is 0 Å². The highest BCUT2D eigenvalue weighted by atomic mass is 19.3. The van der Waals surface area contributed by atoms with Crippen LogP contribution in [0.15, 0.2) is 28.7 Å². The molecule has 8 heteroatoms. The number of alkyl halides is 2. The third kappa shape index (κ3) is 3.70. The van der Waals surface area contributed by atoms with Crippen molar-refractivity contribution in [2.45, 2.75) is 31.5 Å². The molecule has 1 fully saturated rings. The van der Waals surface area contributed by atoms with E-state index in [2.05, 4.69) is 10.2 Å². The average Bonchev–Trinajstić information content (AvgIpc) is 3.12. The van der Waals surface area contributed by atoms with Crippen molar-refractivity contribution in [1.82, 2.24) is 15.1 Å². The normalized spacial score (nSPS) is 20.4. The van der Waals surface area contributed by atoms with Gasteiger partial charge in [0, 0.05) is 20.1 Å². The minimum absolute atomic E-state index is 0.161. The van der Waals surface area contributed by atoms with Crippen molar-refractivity contribution in [2.24, 2.45) is 0 Å². The molecule has 2 heterocycles. The number of methoxy groups -OCH3 is 2. The highest BCUT2D eigenvalue weighted by molar-refractivity contribution is 5.27. The molecular weight excluding hydrogens is 320 g/mol. The van der Waals surface area contributed by atoms with E-state index in [1.165, 1.54) is 7.11 Å². The van der Waals surface area contributed by atoms with Gasteiger partial charge in [0.25, 0.3) is 5.92 Å². The van der Waals surface area contributed by atoms with Gasteiger partial charge in [0.1, 0.15) is 12.4 Å². The van der Waals surface area contributed by atoms with Gasteiger partial charge in [-0.05, 0) is 17.7 Å². The number of ether oxygens (including phenoxy) is 2. The van der Waals surface area contributed by atoms with Crippen LogP contribution < -0.4 is 4.74 Å². The molecule has 0 aliphatic carbocycles. The molecule has 1 atom stereocenters. The van der Waals surface area contributed by atoms with E-state index in [0.29, 0.717) is 6.54 Å². The van der Waals surface area contributed by atoms with Crippen molar-refractivity contribution in [3.63, 3.8) is 0 Å². The van der Waals surface area contributed by atoms with Crippen LogP contribution in [0.25, 0.3) is 0 Å². The van der Waals surface area contributed by atoms with Crippen molar-refractivity contribution in [2.75, 3.05) is 20.8 Å². The molecule has 2 aromatic rings. The fraction of sp³-hybridized carbons (Fsp3) is 0.500. The van der Waals surface area contributed by atoms with Crippen LogP contribution in [0.5, 0.6) is 5.75 Å². The number of aromatic nitrogens is 2. The summed E-state index contributed by atoms with van der Waals surface area (Å²) in [5.74, 6) is -1.57. The maximum atomic E-state index is 13.9. The van der Waals surface area contributed by atoms with Crippen LogP contribution in [0.2, 0.25) is 0 Å². The lowest BCUT2D eigenvalue weighted by molar-refractivity contribution is 0.0112. The van der Waals surface area contributed by atoms with Gasteiger partial charge in [-0.25, -0.2) is 8.78 Å². The van der Waals surface area contributed by atoms with Gasteiger partial charge in [-0.2, -0.15) is 0 Å². The number of hydrogen-bond donors (Lipinski definition) is 0. The summed E-state index contributed by atoms with van der Waals surface area (Å²) in [6.45, 7) is 0.187. The van der Waals surface area contributed by atoms with E-state index < -0.39 is 12.0 Å². The van der Waals surface area contributed by atoms with Gasteiger partial charge in [-0.1, -0.05) is 12.1 Å². The van der Waals surface area contributed by atoms with Crippen LogP contribution >= 0.6 is 0 Å². The smallest absolute Gasteiger partial charge is 0.262 e. The van der Waals surface area contributed by atoms with E-state index in [1.54, 1.807) is 12.0 Å². The molecule has 1 aromatic heterocycles. The molecular formula is C16H19F2N3O3. The number of likely N-dealkylation sites (tertiary alicyclic amines) is 1. The molecule has 0 radical (unpaired) electrons. The monoisotopic (exact) mass is 339 g/mol. The van der Waals surface area contributed by atoms with Gasteiger partial charge >= 0.3 is 0 Å². The number of rotatable bonds is 6. The summed E-state index contributed by atoms with van der Waals surface area (Å²) in [5.41, 5.74) is 0.912. The lowest BCUT2D eigenvalue weighted by atomic mass is 10.1. The Hall–Kier alpha value is -2.06. The maximum Gasteiger partial charge on any atom is 0.262 e. The SMILES string of the molecule is COCc1nnc([C@@H]2CC(F)(F)CN2Cc2ccc(OC)cc2)o1. The standard InChI is InChI=1S/C16H19F2N3O3/c1-22-9-14-19-20-15(24-14)13-7-16(17,18)10-21(13)8-11-3-5-12(23-2)6-4-11/h3-6,13H,7-10H2,1-2H3/t13-/m0/s1. The first-order valence-electron chi connectivity index (χ1n) is 7.57. The van der Waals surface area contributed by atoms with Crippen molar-refractivity contribution < 1.29 is 22.7 Å². The highest BCUT2D eigenvalue weighted by Crippen LogP contribution is 2.41. The van der Waals surface area contributed by atoms with Gasteiger partial charge in [-0.15, -0.1) is 10.2 Å². The maximum absolute atomic E-state index is 13.9. The fourth-order valence-electron chi connectivity index (χ4n) is 2.84. The predicted octanol–water partition coefficient (Wildman–Crippen LogP) is 2.81. The van der Waals surface area contributed by atoms with Crippen molar-refractivity contribution in [3.05, 3.63) is 41.6 Å². The van der Waals surface area contributed by atoms with E-state index >= 15 is 0 Å². The Morgan fingerprint density at radius 2 is 2.00 bits per heavy atom. The summed E-state index contributed by atoms with van der Waals surface area (Å²) < 4.78 is 43.4. The zero-order valence-electron chi connectivity index (χ0n) is 13.5. The second-order valence-electron chi connectivity index (χ2n) is 5.80. The second kappa shape index (κ2) is 6.82. The molecule has 130 valence electrons. The first-order chi connectivity index (χ1) is 11.5. The van der Waals surface area contributed by atoms with Crippen LogP contribution in [-0.2, 0) is 17.9 Å². The van der Waals surface area contributed by atoms with Gasteiger partial charge < -0.3 is 13.9 Å².